The Balaban J connectivity index is 1.14. The van der Waals surface area contributed by atoms with Crippen molar-refractivity contribution in [3.63, 3.8) is 0 Å². The zero-order valence-corrected chi connectivity index (χ0v) is 20.8. The summed E-state index contributed by atoms with van der Waals surface area (Å²) in [5.74, 6) is 1.56. The van der Waals surface area contributed by atoms with E-state index in [-0.39, 0.29) is 6.04 Å². The van der Waals surface area contributed by atoms with E-state index in [0.717, 1.165) is 78.5 Å². The van der Waals surface area contributed by atoms with Gasteiger partial charge in [-0.2, -0.15) is 0 Å². The van der Waals surface area contributed by atoms with E-state index in [0.29, 0.717) is 18.2 Å². The van der Waals surface area contributed by atoms with Gasteiger partial charge in [-0.15, -0.1) is 0 Å². The number of fused-ring (bicyclic) bond motifs is 1. The van der Waals surface area contributed by atoms with Gasteiger partial charge in [0, 0.05) is 67.7 Å². The number of nitrogens with one attached hydrogen (secondary N) is 1. The molecule has 2 fully saturated rings. The molecule has 184 valence electrons. The van der Waals surface area contributed by atoms with Crippen molar-refractivity contribution in [3.05, 3.63) is 71.7 Å². The molecule has 1 unspecified atom stereocenters. The lowest BCUT2D eigenvalue weighted by molar-refractivity contribution is -0.134. The fraction of sp³-hybridized carbons (Fsp3) is 0.393. The van der Waals surface area contributed by atoms with E-state index >= 15 is 0 Å². The SMILES string of the molecule is Cc1cc(-c2ccc3nc(Cc4cc(C(C)N5CCN(C(=O)C6CC6)CC5)ccn4)[nH]c3c2)ncn1. The first-order valence-corrected chi connectivity index (χ1v) is 12.8. The summed E-state index contributed by atoms with van der Waals surface area (Å²) >= 11 is 0. The molecule has 0 radical (unpaired) electrons. The zero-order valence-electron chi connectivity index (χ0n) is 20.8. The first-order chi connectivity index (χ1) is 17.5. The third-order valence-corrected chi connectivity index (χ3v) is 7.40. The molecule has 6 rings (SSSR count). The van der Waals surface area contributed by atoms with E-state index in [1.807, 2.05) is 31.3 Å². The second-order valence-corrected chi connectivity index (χ2v) is 10.0. The van der Waals surface area contributed by atoms with Gasteiger partial charge in [0.25, 0.3) is 0 Å². The van der Waals surface area contributed by atoms with Crippen LogP contribution in [0.25, 0.3) is 22.3 Å². The first-order valence-electron chi connectivity index (χ1n) is 12.8. The highest BCUT2D eigenvalue weighted by atomic mass is 16.2. The Kier molecular flexibility index (Phi) is 5.97. The Morgan fingerprint density at radius 1 is 1.06 bits per heavy atom. The standard InChI is InChI=1S/C28H31N7O/c1-18-13-25(31-17-30-18)22-5-6-24-26(15-22)33-27(32-24)16-23-14-21(7-8-29-23)19(2)34-9-11-35(12-10-34)28(36)20-3-4-20/h5-8,13-15,17,19-20H,3-4,9-12,16H2,1-2H3,(H,32,33). The summed E-state index contributed by atoms with van der Waals surface area (Å²) in [7, 11) is 0. The maximum Gasteiger partial charge on any atom is 0.225 e. The summed E-state index contributed by atoms with van der Waals surface area (Å²) in [6.07, 6.45) is 6.28. The number of amides is 1. The van der Waals surface area contributed by atoms with E-state index < -0.39 is 0 Å². The van der Waals surface area contributed by atoms with Crippen molar-refractivity contribution >= 4 is 16.9 Å². The molecule has 0 bridgehead atoms. The summed E-state index contributed by atoms with van der Waals surface area (Å²) in [5, 5.41) is 0. The Hall–Kier alpha value is -3.65. The number of H-pyrrole nitrogens is 1. The van der Waals surface area contributed by atoms with Gasteiger partial charge in [0.05, 0.1) is 16.7 Å². The first kappa shape index (κ1) is 22.8. The van der Waals surface area contributed by atoms with Crippen LogP contribution in [0.3, 0.4) is 0 Å². The monoisotopic (exact) mass is 481 g/mol. The van der Waals surface area contributed by atoms with Crippen molar-refractivity contribution in [3.8, 4) is 11.3 Å². The van der Waals surface area contributed by atoms with E-state index in [4.69, 9.17) is 4.98 Å². The highest BCUT2D eigenvalue weighted by molar-refractivity contribution is 5.81. The molecular weight excluding hydrogens is 450 g/mol. The van der Waals surface area contributed by atoms with Gasteiger partial charge in [-0.3, -0.25) is 14.7 Å². The number of nitrogens with zero attached hydrogens (tertiary/aromatic N) is 6. The van der Waals surface area contributed by atoms with Crippen LogP contribution in [0.5, 0.6) is 0 Å². The van der Waals surface area contributed by atoms with Crippen LogP contribution >= 0.6 is 0 Å². The number of carbonyl (C=O) groups excluding carboxylic acids is 1. The second kappa shape index (κ2) is 9.43. The lowest BCUT2D eigenvalue weighted by Gasteiger charge is -2.38. The summed E-state index contributed by atoms with van der Waals surface area (Å²) < 4.78 is 0. The molecule has 36 heavy (non-hydrogen) atoms. The van der Waals surface area contributed by atoms with Gasteiger partial charge in [0.1, 0.15) is 12.2 Å². The smallest absolute Gasteiger partial charge is 0.225 e. The summed E-state index contributed by atoms with van der Waals surface area (Å²) in [5.41, 5.74) is 7.05. The highest BCUT2D eigenvalue weighted by Gasteiger charge is 2.35. The number of imidazole rings is 1. The molecular formula is C28H31N7O. The number of rotatable bonds is 6. The van der Waals surface area contributed by atoms with Crippen LogP contribution in [0.4, 0.5) is 0 Å². The molecule has 8 heteroatoms. The molecule has 4 aromatic rings. The van der Waals surface area contributed by atoms with Gasteiger partial charge in [-0.05, 0) is 62.6 Å². The number of benzene rings is 1. The van der Waals surface area contributed by atoms with E-state index in [1.54, 1.807) is 6.33 Å². The quantitative estimate of drug-likeness (QED) is 0.449. The van der Waals surface area contributed by atoms with E-state index in [2.05, 4.69) is 54.9 Å². The molecule has 1 aliphatic carbocycles. The van der Waals surface area contributed by atoms with Crippen LogP contribution in [-0.4, -0.2) is 66.8 Å². The van der Waals surface area contributed by atoms with Crippen LogP contribution in [0.2, 0.25) is 0 Å². The minimum Gasteiger partial charge on any atom is -0.342 e. The van der Waals surface area contributed by atoms with Crippen LogP contribution in [0.15, 0.2) is 48.9 Å². The minimum absolute atomic E-state index is 0.277. The molecule has 8 nitrogen and oxygen atoms in total. The van der Waals surface area contributed by atoms with Gasteiger partial charge in [0.15, 0.2) is 0 Å². The largest absolute Gasteiger partial charge is 0.342 e. The van der Waals surface area contributed by atoms with Crippen LogP contribution in [-0.2, 0) is 11.2 Å². The second-order valence-electron chi connectivity index (χ2n) is 10.0. The van der Waals surface area contributed by atoms with Crippen molar-refractivity contribution in [1.82, 2.24) is 34.7 Å². The minimum atomic E-state index is 0.277. The lowest BCUT2D eigenvalue weighted by atomic mass is 10.1. The van der Waals surface area contributed by atoms with Crippen molar-refractivity contribution in [2.24, 2.45) is 5.92 Å². The average molecular weight is 482 g/mol. The van der Waals surface area contributed by atoms with Gasteiger partial charge in [0.2, 0.25) is 5.91 Å². The van der Waals surface area contributed by atoms with Crippen molar-refractivity contribution in [2.45, 2.75) is 39.2 Å². The van der Waals surface area contributed by atoms with E-state index in [1.165, 1.54) is 5.56 Å². The molecule has 1 N–H and O–H groups in total. The van der Waals surface area contributed by atoms with Crippen molar-refractivity contribution in [1.29, 1.82) is 0 Å². The molecule has 1 amide bonds. The molecule has 2 aliphatic rings. The average Bonchev–Trinajstić information content (AvgIpc) is 3.68. The molecule has 4 heterocycles. The predicted octanol–water partition coefficient (Wildman–Crippen LogP) is 3.93. The van der Waals surface area contributed by atoms with E-state index in [9.17, 15) is 4.79 Å². The summed E-state index contributed by atoms with van der Waals surface area (Å²) in [6.45, 7) is 7.69. The summed E-state index contributed by atoms with van der Waals surface area (Å²) in [4.78, 5) is 38.4. The van der Waals surface area contributed by atoms with Crippen molar-refractivity contribution < 1.29 is 4.79 Å². The van der Waals surface area contributed by atoms with Crippen molar-refractivity contribution in [2.75, 3.05) is 26.2 Å². The molecule has 1 saturated carbocycles. The summed E-state index contributed by atoms with van der Waals surface area (Å²) in [6, 6.07) is 12.7. The third-order valence-electron chi connectivity index (χ3n) is 7.40. The zero-order chi connectivity index (χ0) is 24.6. The van der Waals surface area contributed by atoms with Gasteiger partial charge in [-0.1, -0.05) is 6.07 Å². The lowest BCUT2D eigenvalue weighted by Crippen LogP contribution is -2.49. The van der Waals surface area contributed by atoms with Crippen LogP contribution < -0.4 is 0 Å². The number of pyridine rings is 1. The third kappa shape index (κ3) is 4.73. The number of aromatic nitrogens is 5. The fourth-order valence-corrected chi connectivity index (χ4v) is 5.07. The maximum absolute atomic E-state index is 12.4. The number of piperazine rings is 1. The Labute approximate surface area is 210 Å². The predicted molar refractivity (Wildman–Crippen MR) is 138 cm³/mol. The van der Waals surface area contributed by atoms with Gasteiger partial charge >= 0.3 is 0 Å². The molecule has 1 aliphatic heterocycles. The molecule has 0 spiro atoms. The molecule has 3 aromatic heterocycles. The molecule has 1 saturated heterocycles. The molecule has 1 aromatic carbocycles. The maximum atomic E-state index is 12.4. The van der Waals surface area contributed by atoms with Crippen LogP contribution in [0.1, 0.15) is 48.6 Å². The molecule has 1 atom stereocenters. The normalized spacial score (nSPS) is 17.4. The van der Waals surface area contributed by atoms with Crippen LogP contribution in [0, 0.1) is 12.8 Å². The fourth-order valence-electron chi connectivity index (χ4n) is 5.07. The highest BCUT2D eigenvalue weighted by Crippen LogP contribution is 2.32. The number of aryl methyl sites for hydroxylation is 1. The Morgan fingerprint density at radius 2 is 1.89 bits per heavy atom. The number of carbonyl (C=O) groups is 1. The van der Waals surface area contributed by atoms with Gasteiger partial charge in [-0.25, -0.2) is 15.0 Å². The number of aromatic amines is 1. The van der Waals surface area contributed by atoms with Gasteiger partial charge < -0.3 is 9.88 Å². The Morgan fingerprint density at radius 3 is 2.67 bits per heavy atom. The number of hydrogen-bond donors (Lipinski definition) is 1. The Bertz CT molecular complexity index is 1400. The number of hydrogen-bond acceptors (Lipinski definition) is 6. The topological polar surface area (TPSA) is 90.9 Å².